The topological polar surface area (TPSA) is 39.9 Å². The SMILES string of the molecule is [C-]#[N+]CC(COC(=O)Oc1c(F)c(F)c(F)c(F)c1F)c1ccccc1. The van der Waals surface area contributed by atoms with Crippen LogP contribution >= 0.6 is 0 Å². The molecule has 0 N–H and O–H groups in total. The van der Waals surface area contributed by atoms with Crippen molar-refractivity contribution >= 4 is 6.16 Å². The molecule has 2 aromatic carbocycles. The minimum atomic E-state index is -2.37. The zero-order chi connectivity index (χ0) is 19.3. The van der Waals surface area contributed by atoms with E-state index >= 15 is 0 Å². The van der Waals surface area contributed by atoms with E-state index in [2.05, 4.69) is 14.3 Å². The molecule has 4 nitrogen and oxygen atoms in total. The Morgan fingerprint density at radius 3 is 2.04 bits per heavy atom. The Labute approximate surface area is 144 Å². The molecule has 0 spiro atoms. The van der Waals surface area contributed by atoms with Crippen molar-refractivity contribution < 1.29 is 36.2 Å². The summed E-state index contributed by atoms with van der Waals surface area (Å²) in [5, 5.41) is 0. The number of hydrogen-bond donors (Lipinski definition) is 0. The maximum atomic E-state index is 13.5. The molecule has 0 aromatic heterocycles. The molecule has 2 rings (SSSR count). The lowest BCUT2D eigenvalue weighted by molar-refractivity contribution is 0.0903. The summed E-state index contributed by atoms with van der Waals surface area (Å²) >= 11 is 0. The molecule has 0 saturated heterocycles. The first-order valence-electron chi connectivity index (χ1n) is 7.11. The third-order valence-corrected chi connectivity index (χ3v) is 3.34. The fourth-order valence-corrected chi connectivity index (χ4v) is 2.05. The third-order valence-electron chi connectivity index (χ3n) is 3.34. The molecule has 0 amide bonds. The maximum Gasteiger partial charge on any atom is 0.514 e. The summed E-state index contributed by atoms with van der Waals surface area (Å²) in [4.78, 5) is 14.8. The highest BCUT2D eigenvalue weighted by Crippen LogP contribution is 2.29. The second kappa shape index (κ2) is 8.29. The fourth-order valence-electron chi connectivity index (χ4n) is 2.05. The van der Waals surface area contributed by atoms with E-state index in [0.717, 1.165) is 0 Å². The van der Waals surface area contributed by atoms with Gasteiger partial charge in [-0.05, 0) is 5.56 Å². The van der Waals surface area contributed by atoms with E-state index in [4.69, 9.17) is 6.57 Å². The van der Waals surface area contributed by atoms with Gasteiger partial charge in [-0.3, -0.25) is 0 Å². The summed E-state index contributed by atoms with van der Waals surface area (Å²) in [6.07, 6.45) is -1.67. The first-order chi connectivity index (χ1) is 12.4. The van der Waals surface area contributed by atoms with Gasteiger partial charge in [-0.1, -0.05) is 30.3 Å². The van der Waals surface area contributed by atoms with Crippen LogP contribution in [0.5, 0.6) is 5.75 Å². The average molecular weight is 371 g/mol. The van der Waals surface area contributed by atoms with Gasteiger partial charge < -0.3 is 14.3 Å². The summed E-state index contributed by atoms with van der Waals surface area (Å²) in [7, 11) is 0. The van der Waals surface area contributed by atoms with E-state index in [1.165, 1.54) is 0 Å². The Morgan fingerprint density at radius 2 is 1.50 bits per heavy atom. The van der Waals surface area contributed by atoms with Crippen LogP contribution < -0.4 is 4.74 Å². The number of rotatable bonds is 5. The molecule has 0 bridgehead atoms. The van der Waals surface area contributed by atoms with Crippen LogP contribution in [0.4, 0.5) is 26.7 Å². The normalized spacial score (nSPS) is 11.5. The van der Waals surface area contributed by atoms with Gasteiger partial charge in [0, 0.05) is 0 Å². The minimum absolute atomic E-state index is 0.0557. The summed E-state index contributed by atoms with van der Waals surface area (Å²) in [6, 6.07) is 8.47. The Balaban J connectivity index is 2.11. The highest BCUT2D eigenvalue weighted by atomic mass is 19.2. The molecule has 0 heterocycles. The Hall–Kier alpha value is -3.15. The van der Waals surface area contributed by atoms with E-state index in [1.54, 1.807) is 30.3 Å². The number of halogens is 5. The van der Waals surface area contributed by atoms with Crippen LogP contribution in [0.2, 0.25) is 0 Å². The van der Waals surface area contributed by atoms with Gasteiger partial charge in [0.1, 0.15) is 6.61 Å². The van der Waals surface area contributed by atoms with E-state index in [9.17, 15) is 26.7 Å². The van der Waals surface area contributed by atoms with Crippen molar-refractivity contribution in [2.75, 3.05) is 13.2 Å². The summed E-state index contributed by atoms with van der Waals surface area (Å²) in [5.74, 6) is -13.8. The van der Waals surface area contributed by atoms with Crippen molar-refractivity contribution in [3.05, 3.63) is 76.4 Å². The second-order valence-electron chi connectivity index (χ2n) is 5.01. The number of benzene rings is 2. The van der Waals surface area contributed by atoms with Gasteiger partial charge >= 0.3 is 6.16 Å². The smallest absolute Gasteiger partial charge is 0.433 e. The number of carbonyl (C=O) groups excluding carboxylic acids is 1. The molecule has 0 radical (unpaired) electrons. The largest absolute Gasteiger partial charge is 0.514 e. The van der Waals surface area contributed by atoms with Crippen LogP contribution in [0.15, 0.2) is 30.3 Å². The van der Waals surface area contributed by atoms with Crippen molar-refractivity contribution in [1.29, 1.82) is 0 Å². The molecular formula is C17H10F5NO3. The zero-order valence-corrected chi connectivity index (χ0v) is 12.9. The molecule has 136 valence electrons. The Kier molecular flexibility index (Phi) is 6.11. The molecule has 0 aliphatic rings. The van der Waals surface area contributed by atoms with Crippen LogP contribution in [0.3, 0.4) is 0 Å². The monoisotopic (exact) mass is 371 g/mol. The van der Waals surface area contributed by atoms with Gasteiger partial charge in [0.05, 0.1) is 5.92 Å². The Morgan fingerprint density at radius 1 is 0.962 bits per heavy atom. The quantitative estimate of drug-likeness (QED) is 0.193. The molecule has 0 aliphatic carbocycles. The van der Waals surface area contributed by atoms with Gasteiger partial charge in [-0.2, -0.15) is 8.78 Å². The first-order valence-corrected chi connectivity index (χ1v) is 7.11. The fraction of sp³-hybridized carbons (Fsp3) is 0.176. The highest BCUT2D eigenvalue weighted by Gasteiger charge is 2.29. The van der Waals surface area contributed by atoms with E-state index in [1.807, 2.05) is 0 Å². The van der Waals surface area contributed by atoms with Crippen molar-refractivity contribution in [2.24, 2.45) is 0 Å². The van der Waals surface area contributed by atoms with Gasteiger partial charge in [0.2, 0.25) is 41.4 Å². The van der Waals surface area contributed by atoms with Crippen molar-refractivity contribution in [2.45, 2.75) is 5.92 Å². The predicted molar refractivity (Wildman–Crippen MR) is 78.9 cm³/mol. The van der Waals surface area contributed by atoms with Crippen molar-refractivity contribution in [3.8, 4) is 5.75 Å². The number of hydrogen-bond acceptors (Lipinski definition) is 3. The summed E-state index contributed by atoms with van der Waals surface area (Å²) in [5.41, 5.74) is 0.660. The van der Waals surface area contributed by atoms with E-state index in [-0.39, 0.29) is 13.2 Å². The Bertz CT molecular complexity index is 823. The predicted octanol–water partition coefficient (Wildman–Crippen LogP) is 4.60. The minimum Gasteiger partial charge on any atom is -0.433 e. The lowest BCUT2D eigenvalue weighted by Gasteiger charge is -2.13. The lowest BCUT2D eigenvalue weighted by atomic mass is 10.0. The third kappa shape index (κ3) is 4.08. The first kappa shape index (κ1) is 19.2. The average Bonchev–Trinajstić information content (AvgIpc) is 2.66. The summed E-state index contributed by atoms with van der Waals surface area (Å²) in [6.45, 7) is 6.46. The van der Waals surface area contributed by atoms with Crippen molar-refractivity contribution in [1.82, 2.24) is 0 Å². The number of carbonyl (C=O) groups is 1. The van der Waals surface area contributed by atoms with Crippen LogP contribution in [0.25, 0.3) is 4.85 Å². The van der Waals surface area contributed by atoms with Crippen LogP contribution in [0.1, 0.15) is 11.5 Å². The standard InChI is InChI=1S/C17H10F5NO3/c1-23-7-10(9-5-3-2-4-6-9)8-25-17(24)26-16-14(21)12(19)11(18)13(20)15(16)22/h2-6,10H,7-8H2. The molecule has 0 fully saturated rings. The summed E-state index contributed by atoms with van der Waals surface area (Å²) < 4.78 is 74.7. The zero-order valence-electron chi connectivity index (χ0n) is 12.9. The van der Waals surface area contributed by atoms with Crippen LogP contribution in [-0.4, -0.2) is 19.3 Å². The van der Waals surface area contributed by atoms with Crippen LogP contribution in [0, 0.1) is 35.7 Å². The molecule has 1 atom stereocenters. The van der Waals surface area contributed by atoms with E-state index in [0.29, 0.717) is 5.56 Å². The molecule has 0 saturated carbocycles. The van der Waals surface area contributed by atoms with Crippen LogP contribution in [-0.2, 0) is 4.74 Å². The van der Waals surface area contributed by atoms with Gasteiger partial charge in [-0.15, -0.1) is 0 Å². The van der Waals surface area contributed by atoms with Gasteiger partial charge in [0.25, 0.3) is 0 Å². The van der Waals surface area contributed by atoms with Gasteiger partial charge in [-0.25, -0.2) is 24.5 Å². The molecule has 9 heteroatoms. The number of nitrogens with zero attached hydrogens (tertiary/aromatic N) is 1. The second-order valence-corrected chi connectivity index (χ2v) is 5.01. The molecule has 26 heavy (non-hydrogen) atoms. The van der Waals surface area contributed by atoms with Crippen molar-refractivity contribution in [3.63, 3.8) is 0 Å². The van der Waals surface area contributed by atoms with Gasteiger partial charge in [0.15, 0.2) is 0 Å². The molecule has 2 aromatic rings. The molecular weight excluding hydrogens is 361 g/mol. The molecule has 0 aliphatic heterocycles. The highest BCUT2D eigenvalue weighted by molar-refractivity contribution is 5.64. The lowest BCUT2D eigenvalue weighted by Crippen LogP contribution is -2.19. The van der Waals surface area contributed by atoms with E-state index < -0.39 is 46.9 Å². The molecule has 1 unspecified atom stereocenters. The number of ether oxygens (including phenoxy) is 2. The maximum absolute atomic E-state index is 13.5.